The molecule has 54 valence electrons. The van der Waals surface area contributed by atoms with Crippen LogP contribution in [-0.4, -0.2) is 6.54 Å². The van der Waals surface area contributed by atoms with E-state index in [2.05, 4.69) is 29.8 Å². The maximum atomic E-state index is 3.41. The summed E-state index contributed by atoms with van der Waals surface area (Å²) in [6.07, 6.45) is 0. The van der Waals surface area contributed by atoms with E-state index in [-0.39, 0.29) is 0 Å². The van der Waals surface area contributed by atoms with Gasteiger partial charge in [0.2, 0.25) is 0 Å². The average molecular weight is 153 g/mol. The van der Waals surface area contributed by atoms with Crippen LogP contribution in [0, 0.1) is 5.92 Å². The van der Waals surface area contributed by atoms with Crippen LogP contribution in [0.4, 0.5) is 0 Å². The van der Waals surface area contributed by atoms with Gasteiger partial charge in [-0.3, -0.25) is 0 Å². The van der Waals surface area contributed by atoms with Crippen molar-refractivity contribution in [1.29, 1.82) is 0 Å². The van der Waals surface area contributed by atoms with Crippen LogP contribution in [0.15, 0.2) is 17.5 Å². The standard InChI is InChI=1S/C8H11NS/c1-6-5-9-8(6)7-3-2-4-10-7/h2-4,6,8-9H,5H2,1H3/t6-,8-/m1/s1. The minimum atomic E-state index is 0.653. The van der Waals surface area contributed by atoms with Gasteiger partial charge in [0.05, 0.1) is 0 Å². The van der Waals surface area contributed by atoms with Crippen LogP contribution < -0.4 is 5.32 Å². The van der Waals surface area contributed by atoms with Crippen LogP contribution in [0.3, 0.4) is 0 Å². The Labute approximate surface area is 65.1 Å². The van der Waals surface area contributed by atoms with E-state index in [9.17, 15) is 0 Å². The van der Waals surface area contributed by atoms with Gasteiger partial charge in [-0.1, -0.05) is 13.0 Å². The molecule has 10 heavy (non-hydrogen) atoms. The summed E-state index contributed by atoms with van der Waals surface area (Å²) in [7, 11) is 0. The molecule has 2 heteroatoms. The van der Waals surface area contributed by atoms with Crippen molar-refractivity contribution in [1.82, 2.24) is 5.32 Å². The van der Waals surface area contributed by atoms with E-state index in [1.54, 1.807) is 0 Å². The average Bonchev–Trinajstić information content (AvgIpc) is 2.37. The van der Waals surface area contributed by atoms with E-state index in [1.165, 1.54) is 11.4 Å². The molecule has 0 unspecified atom stereocenters. The van der Waals surface area contributed by atoms with Gasteiger partial charge >= 0.3 is 0 Å². The van der Waals surface area contributed by atoms with Crippen molar-refractivity contribution in [3.05, 3.63) is 22.4 Å². The van der Waals surface area contributed by atoms with Gasteiger partial charge in [-0.2, -0.15) is 0 Å². The summed E-state index contributed by atoms with van der Waals surface area (Å²) < 4.78 is 0. The summed E-state index contributed by atoms with van der Waals surface area (Å²) in [5.41, 5.74) is 0. The van der Waals surface area contributed by atoms with E-state index in [1.807, 2.05) is 11.3 Å². The number of rotatable bonds is 1. The summed E-state index contributed by atoms with van der Waals surface area (Å²) >= 11 is 1.85. The molecule has 1 fully saturated rings. The van der Waals surface area contributed by atoms with Crippen molar-refractivity contribution in [2.24, 2.45) is 5.92 Å². The molecule has 0 amide bonds. The fourth-order valence-corrected chi connectivity index (χ4v) is 2.25. The summed E-state index contributed by atoms with van der Waals surface area (Å²) in [4.78, 5) is 1.48. The molecule has 1 aliphatic rings. The Kier molecular flexibility index (Phi) is 1.51. The predicted molar refractivity (Wildman–Crippen MR) is 44.2 cm³/mol. The van der Waals surface area contributed by atoms with Gasteiger partial charge in [0.15, 0.2) is 0 Å². The van der Waals surface area contributed by atoms with Crippen molar-refractivity contribution in [2.45, 2.75) is 13.0 Å². The molecule has 0 spiro atoms. The summed E-state index contributed by atoms with van der Waals surface area (Å²) in [6, 6.07) is 4.98. The maximum absolute atomic E-state index is 3.41. The van der Waals surface area contributed by atoms with Crippen LogP contribution in [0.5, 0.6) is 0 Å². The first kappa shape index (κ1) is 6.38. The first-order valence-corrected chi connectivity index (χ1v) is 4.52. The molecule has 1 nitrogen and oxygen atoms in total. The number of thiophene rings is 1. The summed E-state index contributed by atoms with van der Waals surface area (Å²) in [5, 5.41) is 5.55. The third-order valence-corrected chi connectivity index (χ3v) is 3.03. The van der Waals surface area contributed by atoms with Crippen molar-refractivity contribution < 1.29 is 0 Å². The molecule has 0 aliphatic carbocycles. The van der Waals surface area contributed by atoms with Gasteiger partial charge in [0, 0.05) is 17.5 Å². The monoisotopic (exact) mass is 153 g/mol. The highest BCUT2D eigenvalue weighted by Crippen LogP contribution is 2.31. The number of nitrogens with one attached hydrogen (secondary N) is 1. The minimum absolute atomic E-state index is 0.653. The lowest BCUT2D eigenvalue weighted by Crippen LogP contribution is -2.43. The molecule has 0 radical (unpaired) electrons. The van der Waals surface area contributed by atoms with E-state index in [4.69, 9.17) is 0 Å². The lowest BCUT2D eigenvalue weighted by molar-refractivity contribution is 0.262. The molecule has 0 saturated carbocycles. The molecule has 0 bridgehead atoms. The first-order chi connectivity index (χ1) is 4.88. The van der Waals surface area contributed by atoms with E-state index >= 15 is 0 Å². The van der Waals surface area contributed by atoms with Crippen molar-refractivity contribution >= 4 is 11.3 Å². The lowest BCUT2D eigenvalue weighted by atomic mass is 9.93. The molecular formula is C8H11NS. The first-order valence-electron chi connectivity index (χ1n) is 3.65. The molecule has 0 aromatic carbocycles. The van der Waals surface area contributed by atoms with Crippen molar-refractivity contribution in [2.75, 3.05) is 6.54 Å². The third-order valence-electron chi connectivity index (χ3n) is 2.08. The SMILES string of the molecule is C[C@@H]1CN[C@H]1c1cccs1. The van der Waals surface area contributed by atoms with Gasteiger partial charge in [-0.15, -0.1) is 11.3 Å². The fraction of sp³-hybridized carbons (Fsp3) is 0.500. The van der Waals surface area contributed by atoms with Gasteiger partial charge in [0.1, 0.15) is 0 Å². The highest BCUT2D eigenvalue weighted by Gasteiger charge is 2.27. The Morgan fingerprint density at radius 3 is 3.00 bits per heavy atom. The summed E-state index contributed by atoms with van der Waals surface area (Å²) in [6.45, 7) is 3.48. The van der Waals surface area contributed by atoms with Crippen LogP contribution in [0.2, 0.25) is 0 Å². The van der Waals surface area contributed by atoms with E-state index in [0.29, 0.717) is 6.04 Å². The van der Waals surface area contributed by atoms with Gasteiger partial charge in [-0.05, 0) is 17.4 Å². The molecule has 1 aliphatic heterocycles. The molecule has 1 saturated heterocycles. The van der Waals surface area contributed by atoms with Gasteiger partial charge < -0.3 is 5.32 Å². The smallest absolute Gasteiger partial charge is 0.0453 e. The highest BCUT2D eigenvalue weighted by molar-refractivity contribution is 7.10. The third kappa shape index (κ3) is 0.879. The van der Waals surface area contributed by atoms with Crippen LogP contribution in [-0.2, 0) is 0 Å². The largest absolute Gasteiger partial charge is 0.309 e. The Bertz CT molecular complexity index is 205. The molecule has 1 aromatic rings. The zero-order valence-corrected chi connectivity index (χ0v) is 6.82. The highest BCUT2D eigenvalue weighted by atomic mass is 32.1. The number of hydrogen-bond donors (Lipinski definition) is 1. The normalized spacial score (nSPS) is 31.7. The Morgan fingerprint density at radius 2 is 2.60 bits per heavy atom. The van der Waals surface area contributed by atoms with Crippen molar-refractivity contribution in [3.63, 3.8) is 0 Å². The second-order valence-electron chi connectivity index (χ2n) is 2.88. The van der Waals surface area contributed by atoms with Gasteiger partial charge in [0.25, 0.3) is 0 Å². The maximum Gasteiger partial charge on any atom is 0.0453 e. The van der Waals surface area contributed by atoms with Crippen LogP contribution >= 0.6 is 11.3 Å². The Hall–Kier alpha value is -0.340. The quantitative estimate of drug-likeness (QED) is 0.651. The molecule has 1 aromatic heterocycles. The van der Waals surface area contributed by atoms with E-state index < -0.39 is 0 Å². The zero-order chi connectivity index (χ0) is 6.97. The van der Waals surface area contributed by atoms with Crippen molar-refractivity contribution in [3.8, 4) is 0 Å². The Morgan fingerprint density at radius 1 is 1.70 bits per heavy atom. The molecule has 1 N–H and O–H groups in total. The summed E-state index contributed by atoms with van der Waals surface area (Å²) in [5.74, 6) is 0.832. The Balaban J connectivity index is 2.14. The van der Waals surface area contributed by atoms with Crippen LogP contribution in [0.25, 0.3) is 0 Å². The second-order valence-corrected chi connectivity index (χ2v) is 3.86. The molecule has 2 heterocycles. The molecule has 2 atom stereocenters. The predicted octanol–water partition coefficient (Wildman–Crippen LogP) is 2.03. The molecule has 2 rings (SSSR count). The van der Waals surface area contributed by atoms with Crippen LogP contribution in [0.1, 0.15) is 17.8 Å². The fourth-order valence-electron chi connectivity index (χ4n) is 1.32. The second kappa shape index (κ2) is 2.36. The zero-order valence-electron chi connectivity index (χ0n) is 6.00. The lowest BCUT2D eigenvalue weighted by Gasteiger charge is -2.34. The van der Waals surface area contributed by atoms with E-state index in [0.717, 1.165) is 5.92 Å². The molecular weight excluding hydrogens is 142 g/mol. The minimum Gasteiger partial charge on any atom is -0.309 e. The number of hydrogen-bond acceptors (Lipinski definition) is 2. The topological polar surface area (TPSA) is 12.0 Å². The van der Waals surface area contributed by atoms with Gasteiger partial charge in [-0.25, -0.2) is 0 Å².